The predicted molar refractivity (Wildman–Crippen MR) is 142 cm³/mol. The normalized spacial score (nSPS) is 22.6. The highest BCUT2D eigenvalue weighted by Crippen LogP contribution is 2.33. The van der Waals surface area contributed by atoms with E-state index in [-0.39, 0.29) is 42.0 Å². The smallest absolute Gasteiger partial charge is 0.257 e. The van der Waals surface area contributed by atoms with Gasteiger partial charge in [0.15, 0.2) is 0 Å². The lowest BCUT2D eigenvalue weighted by atomic mass is 10.0. The number of benzene rings is 2. The minimum atomic E-state index is -0.433. The SMILES string of the molecule is CO[C@@H]1CN(C)C(=O)c2cc(NC(=O)c3ccc(F)cc3)ccc2OC[C@@H](C)N(C(=O)CC2CC2)C[C@H]1C. The van der Waals surface area contributed by atoms with Gasteiger partial charge in [-0.05, 0) is 68.1 Å². The second-order valence-electron chi connectivity index (χ2n) is 10.5. The van der Waals surface area contributed by atoms with Crippen LogP contribution in [-0.4, -0.2) is 73.5 Å². The number of methoxy groups -OCH3 is 1. The molecule has 2 aliphatic rings. The van der Waals surface area contributed by atoms with E-state index in [4.69, 9.17) is 9.47 Å². The molecular weight excluding hydrogens is 489 g/mol. The first-order valence-electron chi connectivity index (χ1n) is 13.1. The summed E-state index contributed by atoms with van der Waals surface area (Å²) < 4.78 is 25.1. The Kier molecular flexibility index (Phi) is 8.66. The average Bonchev–Trinajstić information content (AvgIpc) is 3.72. The van der Waals surface area contributed by atoms with Crippen molar-refractivity contribution >= 4 is 23.4 Å². The van der Waals surface area contributed by atoms with Crippen molar-refractivity contribution in [2.75, 3.05) is 39.2 Å². The Morgan fingerprint density at radius 3 is 2.47 bits per heavy atom. The summed E-state index contributed by atoms with van der Waals surface area (Å²) in [6, 6.07) is 9.88. The highest BCUT2D eigenvalue weighted by Gasteiger charge is 2.33. The second-order valence-corrected chi connectivity index (χ2v) is 10.5. The summed E-state index contributed by atoms with van der Waals surface area (Å²) in [7, 11) is 3.31. The Balaban J connectivity index is 1.61. The number of ether oxygens (including phenoxy) is 2. The molecular formula is C29H36FN3O5. The van der Waals surface area contributed by atoms with Crippen molar-refractivity contribution in [3.8, 4) is 5.75 Å². The zero-order valence-corrected chi connectivity index (χ0v) is 22.4. The van der Waals surface area contributed by atoms with E-state index in [2.05, 4.69) is 5.32 Å². The summed E-state index contributed by atoms with van der Waals surface area (Å²) in [4.78, 5) is 42.8. The first-order valence-corrected chi connectivity index (χ1v) is 13.1. The van der Waals surface area contributed by atoms with Crippen molar-refractivity contribution in [2.24, 2.45) is 11.8 Å². The number of hydrogen-bond acceptors (Lipinski definition) is 5. The second kappa shape index (κ2) is 11.9. The Morgan fingerprint density at radius 1 is 1.11 bits per heavy atom. The molecule has 1 N–H and O–H groups in total. The van der Waals surface area contributed by atoms with Crippen molar-refractivity contribution in [3.05, 3.63) is 59.4 Å². The first kappa shape index (κ1) is 27.6. The number of carbonyl (C=O) groups excluding carboxylic acids is 3. The highest BCUT2D eigenvalue weighted by atomic mass is 19.1. The number of likely N-dealkylation sites (N-methyl/N-ethyl adjacent to an activating group) is 1. The highest BCUT2D eigenvalue weighted by molar-refractivity contribution is 6.05. The van der Waals surface area contributed by atoms with Gasteiger partial charge in [0, 0.05) is 50.8 Å². The van der Waals surface area contributed by atoms with E-state index in [1.165, 1.54) is 24.3 Å². The Hall–Kier alpha value is -3.46. The van der Waals surface area contributed by atoms with Crippen molar-refractivity contribution < 1.29 is 28.2 Å². The number of nitrogens with one attached hydrogen (secondary N) is 1. The summed E-state index contributed by atoms with van der Waals surface area (Å²) in [6.45, 7) is 5.03. The molecule has 1 saturated carbocycles. The molecule has 3 atom stereocenters. The van der Waals surface area contributed by atoms with Gasteiger partial charge >= 0.3 is 0 Å². The Labute approximate surface area is 223 Å². The monoisotopic (exact) mass is 525 g/mol. The third kappa shape index (κ3) is 6.69. The molecule has 3 amide bonds. The summed E-state index contributed by atoms with van der Waals surface area (Å²) in [5.41, 5.74) is 0.984. The van der Waals surface area contributed by atoms with Gasteiger partial charge in [-0.3, -0.25) is 14.4 Å². The van der Waals surface area contributed by atoms with Crippen LogP contribution in [0, 0.1) is 17.7 Å². The van der Waals surface area contributed by atoms with Gasteiger partial charge in [-0.15, -0.1) is 0 Å². The van der Waals surface area contributed by atoms with Crippen molar-refractivity contribution in [1.29, 1.82) is 0 Å². The fourth-order valence-corrected chi connectivity index (χ4v) is 4.69. The molecule has 4 rings (SSSR count). The number of fused-ring (bicyclic) bond motifs is 1. The lowest BCUT2D eigenvalue weighted by molar-refractivity contribution is -0.135. The van der Waals surface area contributed by atoms with Gasteiger partial charge in [-0.2, -0.15) is 0 Å². The van der Waals surface area contributed by atoms with Crippen LogP contribution in [0.2, 0.25) is 0 Å². The van der Waals surface area contributed by atoms with Crippen LogP contribution >= 0.6 is 0 Å². The molecule has 1 aliphatic heterocycles. The molecule has 1 fully saturated rings. The third-order valence-corrected chi connectivity index (χ3v) is 7.29. The average molecular weight is 526 g/mol. The summed E-state index contributed by atoms with van der Waals surface area (Å²) in [6.07, 6.45) is 2.46. The van der Waals surface area contributed by atoms with Gasteiger partial charge in [0.25, 0.3) is 11.8 Å². The van der Waals surface area contributed by atoms with E-state index in [1.807, 2.05) is 18.7 Å². The lowest BCUT2D eigenvalue weighted by Crippen LogP contribution is -2.48. The zero-order valence-electron chi connectivity index (χ0n) is 22.4. The maximum Gasteiger partial charge on any atom is 0.257 e. The standard InChI is InChI=1S/C29H36FN3O5/c1-18-15-33(27(34)13-20-5-6-20)19(2)17-38-25-12-11-23(31-28(35)21-7-9-22(30)10-8-21)14-24(25)29(36)32(3)16-26(18)37-4/h7-12,14,18-20,26H,5-6,13,15-17H2,1-4H3,(H,31,35)/t18-,19-,26-/m1/s1. The van der Waals surface area contributed by atoms with Gasteiger partial charge in [0.2, 0.25) is 5.91 Å². The first-order chi connectivity index (χ1) is 18.2. The van der Waals surface area contributed by atoms with E-state index < -0.39 is 11.7 Å². The number of halogens is 1. The maximum atomic E-state index is 13.5. The van der Waals surface area contributed by atoms with Crippen LogP contribution in [0.3, 0.4) is 0 Å². The fourth-order valence-electron chi connectivity index (χ4n) is 4.69. The molecule has 8 nitrogen and oxygen atoms in total. The Bertz CT molecular complexity index is 1170. The quantitative estimate of drug-likeness (QED) is 0.632. The van der Waals surface area contributed by atoms with Crippen LogP contribution in [0.25, 0.3) is 0 Å². The van der Waals surface area contributed by atoms with Crippen molar-refractivity contribution in [3.63, 3.8) is 0 Å². The van der Waals surface area contributed by atoms with Gasteiger partial charge in [0.05, 0.1) is 17.7 Å². The molecule has 0 unspecified atom stereocenters. The van der Waals surface area contributed by atoms with Crippen LogP contribution in [0.1, 0.15) is 53.8 Å². The van der Waals surface area contributed by atoms with E-state index in [1.54, 1.807) is 37.3 Å². The number of anilines is 1. The number of hydrogen-bond donors (Lipinski definition) is 1. The van der Waals surface area contributed by atoms with Gasteiger partial charge < -0.3 is 24.6 Å². The van der Waals surface area contributed by atoms with E-state index in [9.17, 15) is 18.8 Å². The number of rotatable bonds is 5. The molecule has 0 spiro atoms. The van der Waals surface area contributed by atoms with E-state index in [0.717, 1.165) is 12.8 Å². The molecule has 2 aromatic carbocycles. The number of carbonyl (C=O) groups is 3. The number of amides is 3. The molecule has 204 valence electrons. The van der Waals surface area contributed by atoms with E-state index in [0.29, 0.717) is 42.4 Å². The molecule has 1 aliphatic carbocycles. The van der Waals surface area contributed by atoms with Crippen LogP contribution in [0.5, 0.6) is 5.75 Å². The predicted octanol–water partition coefficient (Wildman–Crippen LogP) is 4.21. The minimum absolute atomic E-state index is 0.0129. The molecule has 9 heteroatoms. The van der Waals surface area contributed by atoms with Gasteiger partial charge in [-0.1, -0.05) is 6.92 Å². The maximum absolute atomic E-state index is 13.5. The van der Waals surface area contributed by atoms with Gasteiger partial charge in [-0.25, -0.2) is 4.39 Å². The molecule has 0 bridgehead atoms. The number of nitrogens with zero attached hydrogens (tertiary/aromatic N) is 2. The van der Waals surface area contributed by atoms with Crippen LogP contribution < -0.4 is 10.1 Å². The summed E-state index contributed by atoms with van der Waals surface area (Å²) in [5.74, 6) is -0.192. The van der Waals surface area contributed by atoms with Crippen molar-refractivity contribution in [1.82, 2.24) is 9.80 Å². The Morgan fingerprint density at radius 2 is 1.82 bits per heavy atom. The zero-order chi connectivity index (χ0) is 27.4. The molecule has 1 heterocycles. The van der Waals surface area contributed by atoms with Crippen LogP contribution in [0.4, 0.5) is 10.1 Å². The molecule has 0 radical (unpaired) electrons. The topological polar surface area (TPSA) is 88.2 Å². The minimum Gasteiger partial charge on any atom is -0.491 e. The third-order valence-electron chi connectivity index (χ3n) is 7.29. The van der Waals surface area contributed by atoms with E-state index >= 15 is 0 Å². The summed E-state index contributed by atoms with van der Waals surface area (Å²) >= 11 is 0. The molecule has 2 aromatic rings. The van der Waals surface area contributed by atoms with Gasteiger partial charge in [0.1, 0.15) is 18.2 Å². The summed E-state index contributed by atoms with van der Waals surface area (Å²) in [5, 5.41) is 2.77. The van der Waals surface area contributed by atoms with Crippen LogP contribution in [0.15, 0.2) is 42.5 Å². The molecule has 0 saturated heterocycles. The molecule has 0 aromatic heterocycles. The largest absolute Gasteiger partial charge is 0.491 e. The molecule has 38 heavy (non-hydrogen) atoms. The lowest BCUT2D eigenvalue weighted by Gasteiger charge is -2.36. The fraction of sp³-hybridized carbons (Fsp3) is 0.483. The van der Waals surface area contributed by atoms with Crippen LogP contribution in [-0.2, 0) is 9.53 Å². The van der Waals surface area contributed by atoms with Crippen molar-refractivity contribution in [2.45, 2.75) is 45.3 Å².